The van der Waals surface area contributed by atoms with Gasteiger partial charge in [-0.15, -0.1) is 0 Å². The number of methoxy groups -OCH3 is 1. The number of thiocarbonyl (C=S) groups is 1. The normalized spacial score (nSPS) is 16.8. The molecule has 7 nitrogen and oxygen atoms in total. The number of rotatable bonds is 7. The second-order valence-electron chi connectivity index (χ2n) is 9.12. The fraction of sp³-hybridized carbons (Fsp3) is 0.233. The molecule has 2 atom stereocenters. The van der Waals surface area contributed by atoms with Gasteiger partial charge in [0.15, 0.2) is 5.11 Å². The molecule has 0 unspecified atom stereocenters. The molecule has 0 spiro atoms. The van der Waals surface area contributed by atoms with Gasteiger partial charge in [-0.3, -0.25) is 4.98 Å². The number of carbonyl (C=O) groups excluding carboxylic acids is 1. The van der Waals surface area contributed by atoms with Crippen molar-refractivity contribution in [1.29, 1.82) is 0 Å². The Bertz CT molecular complexity index is 1450. The number of nitrogens with one attached hydrogen (secondary N) is 1. The topological polar surface area (TPSA) is 68.6 Å². The summed E-state index contributed by atoms with van der Waals surface area (Å²) in [6, 6.07) is 23.3. The number of benzene rings is 2. The van der Waals surface area contributed by atoms with Crippen LogP contribution in [0.25, 0.3) is 5.69 Å². The van der Waals surface area contributed by atoms with Crippen LogP contribution in [0, 0.1) is 13.8 Å². The van der Waals surface area contributed by atoms with Gasteiger partial charge >= 0.3 is 5.97 Å². The van der Waals surface area contributed by atoms with Crippen LogP contribution in [0.1, 0.15) is 52.0 Å². The first kappa shape index (κ1) is 25.5. The lowest BCUT2D eigenvalue weighted by molar-refractivity contribution is 0.0600. The SMILES string of the molecule is CCOc1ccc(N2C(=S)N[C@@H](c3ccccn3)[C@@H]2c2cc(C)n(-c3ccc(C(=O)OC)cc3)c2C)cc1. The smallest absolute Gasteiger partial charge is 0.337 e. The molecule has 0 bridgehead atoms. The molecule has 4 aromatic rings. The minimum absolute atomic E-state index is 0.135. The quantitative estimate of drug-likeness (QED) is 0.239. The van der Waals surface area contributed by atoms with Gasteiger partial charge in [0.2, 0.25) is 0 Å². The molecule has 1 N–H and O–H groups in total. The van der Waals surface area contributed by atoms with Crippen LogP contribution in [0.2, 0.25) is 0 Å². The number of ether oxygens (including phenoxy) is 2. The predicted molar refractivity (Wildman–Crippen MR) is 152 cm³/mol. The van der Waals surface area contributed by atoms with Gasteiger partial charge in [-0.2, -0.15) is 0 Å². The summed E-state index contributed by atoms with van der Waals surface area (Å²) in [5, 5.41) is 4.17. The van der Waals surface area contributed by atoms with E-state index in [1.165, 1.54) is 7.11 Å². The molecular formula is C30H30N4O3S. The molecule has 2 aromatic heterocycles. The van der Waals surface area contributed by atoms with Crippen LogP contribution >= 0.6 is 12.2 Å². The van der Waals surface area contributed by atoms with E-state index in [2.05, 4.69) is 39.7 Å². The highest BCUT2D eigenvalue weighted by molar-refractivity contribution is 7.80. The summed E-state index contributed by atoms with van der Waals surface area (Å²) < 4.78 is 12.7. The lowest BCUT2D eigenvalue weighted by Crippen LogP contribution is -2.29. The Hall–Kier alpha value is -4.17. The van der Waals surface area contributed by atoms with E-state index in [-0.39, 0.29) is 18.1 Å². The maximum atomic E-state index is 11.9. The zero-order chi connectivity index (χ0) is 26.8. The van der Waals surface area contributed by atoms with E-state index in [1.807, 2.05) is 67.7 Å². The number of nitrogens with zero attached hydrogens (tertiary/aromatic N) is 3. The van der Waals surface area contributed by atoms with Gasteiger partial charge in [0.05, 0.1) is 37.1 Å². The average Bonchev–Trinajstić information content (AvgIpc) is 3.44. The van der Waals surface area contributed by atoms with Crippen molar-refractivity contribution in [2.75, 3.05) is 18.6 Å². The van der Waals surface area contributed by atoms with Crippen molar-refractivity contribution in [3.63, 3.8) is 0 Å². The van der Waals surface area contributed by atoms with Gasteiger partial charge in [0.25, 0.3) is 0 Å². The van der Waals surface area contributed by atoms with Crippen LogP contribution in [0.5, 0.6) is 5.75 Å². The second kappa shape index (κ2) is 10.7. The fourth-order valence-electron chi connectivity index (χ4n) is 5.17. The molecule has 0 saturated carbocycles. The summed E-state index contributed by atoms with van der Waals surface area (Å²) in [4.78, 5) is 18.8. The van der Waals surface area contributed by atoms with Crippen molar-refractivity contribution >= 4 is 29.0 Å². The van der Waals surface area contributed by atoms with Gasteiger partial charge in [0.1, 0.15) is 5.75 Å². The number of aryl methyl sites for hydroxylation is 1. The standard InChI is InChI=1S/C30H30N4O3S/c1-5-37-24-15-13-23(14-16-24)34-28(27(32-30(34)38)26-8-6-7-17-31-26)25-18-19(2)33(20(25)3)22-11-9-21(10-12-22)29(35)36-4/h6-18,27-28H,5H2,1-4H3,(H,32,38)/t27-,28-/m0/s1. The van der Waals surface area contributed by atoms with Crippen LogP contribution in [-0.2, 0) is 4.74 Å². The zero-order valence-corrected chi connectivity index (χ0v) is 22.7. The largest absolute Gasteiger partial charge is 0.494 e. The zero-order valence-electron chi connectivity index (χ0n) is 21.8. The Balaban J connectivity index is 1.60. The van der Waals surface area contributed by atoms with E-state index >= 15 is 0 Å². The predicted octanol–water partition coefficient (Wildman–Crippen LogP) is 5.85. The third-order valence-corrected chi connectivity index (χ3v) is 7.17. The maximum Gasteiger partial charge on any atom is 0.337 e. The Morgan fingerprint density at radius 2 is 1.74 bits per heavy atom. The van der Waals surface area contributed by atoms with Crippen LogP contribution in [0.3, 0.4) is 0 Å². The molecule has 1 fully saturated rings. The maximum absolute atomic E-state index is 11.9. The molecule has 1 saturated heterocycles. The van der Waals surface area contributed by atoms with E-state index in [1.54, 1.807) is 12.1 Å². The number of hydrogen-bond donors (Lipinski definition) is 1. The number of esters is 1. The minimum Gasteiger partial charge on any atom is -0.494 e. The van der Waals surface area contributed by atoms with Crippen molar-refractivity contribution in [3.8, 4) is 11.4 Å². The molecule has 1 aliphatic heterocycles. The van der Waals surface area contributed by atoms with Gasteiger partial charge in [-0.05, 0) is 105 Å². The van der Waals surface area contributed by atoms with Gasteiger partial charge in [0, 0.05) is 29.0 Å². The Kier molecular flexibility index (Phi) is 7.15. The highest BCUT2D eigenvalue weighted by Crippen LogP contribution is 2.44. The average molecular weight is 527 g/mol. The summed E-state index contributed by atoms with van der Waals surface area (Å²) in [5.74, 6) is 0.466. The summed E-state index contributed by atoms with van der Waals surface area (Å²) >= 11 is 5.89. The second-order valence-corrected chi connectivity index (χ2v) is 9.51. The van der Waals surface area contributed by atoms with E-state index < -0.39 is 0 Å². The van der Waals surface area contributed by atoms with Gasteiger partial charge in [-0.1, -0.05) is 6.07 Å². The third-order valence-electron chi connectivity index (χ3n) is 6.86. The summed E-state index contributed by atoms with van der Waals surface area (Å²) in [6.07, 6.45) is 1.81. The first-order valence-corrected chi connectivity index (χ1v) is 12.9. The van der Waals surface area contributed by atoms with Crippen molar-refractivity contribution in [3.05, 3.63) is 107 Å². The molecule has 5 rings (SSSR count). The Labute approximate surface area is 228 Å². The van der Waals surface area contributed by atoms with Gasteiger partial charge in [-0.25, -0.2) is 4.79 Å². The number of aromatic nitrogens is 2. The highest BCUT2D eigenvalue weighted by Gasteiger charge is 2.42. The van der Waals surface area contributed by atoms with E-state index in [4.69, 9.17) is 21.7 Å². The van der Waals surface area contributed by atoms with Crippen LogP contribution in [-0.4, -0.2) is 34.3 Å². The lowest BCUT2D eigenvalue weighted by atomic mass is 9.96. The first-order valence-electron chi connectivity index (χ1n) is 12.5. The number of hydrogen-bond acceptors (Lipinski definition) is 5. The molecule has 8 heteroatoms. The van der Waals surface area contributed by atoms with Crippen molar-refractivity contribution < 1.29 is 14.3 Å². The summed E-state index contributed by atoms with van der Waals surface area (Å²) in [7, 11) is 1.39. The number of carbonyl (C=O) groups is 1. The fourth-order valence-corrected chi connectivity index (χ4v) is 5.51. The molecule has 1 aliphatic rings. The monoisotopic (exact) mass is 526 g/mol. The highest BCUT2D eigenvalue weighted by atomic mass is 32.1. The van der Waals surface area contributed by atoms with Crippen molar-refractivity contribution in [2.45, 2.75) is 32.9 Å². The summed E-state index contributed by atoms with van der Waals surface area (Å²) in [6.45, 7) is 6.78. The van der Waals surface area contributed by atoms with E-state index in [9.17, 15) is 4.79 Å². The molecule has 0 aliphatic carbocycles. The summed E-state index contributed by atoms with van der Waals surface area (Å²) in [5.41, 5.74) is 6.67. The molecule has 2 aromatic carbocycles. The lowest BCUT2D eigenvalue weighted by Gasteiger charge is -2.28. The molecular weight excluding hydrogens is 496 g/mol. The van der Waals surface area contributed by atoms with Crippen LogP contribution in [0.4, 0.5) is 5.69 Å². The molecule has 3 heterocycles. The minimum atomic E-state index is -0.354. The van der Waals surface area contributed by atoms with Gasteiger partial charge < -0.3 is 24.3 Å². The van der Waals surface area contributed by atoms with Crippen molar-refractivity contribution in [2.24, 2.45) is 0 Å². The number of anilines is 1. The molecule has 0 amide bonds. The Morgan fingerprint density at radius 3 is 2.37 bits per heavy atom. The molecule has 0 radical (unpaired) electrons. The van der Waals surface area contributed by atoms with Crippen LogP contribution < -0.4 is 15.0 Å². The number of pyridine rings is 1. The third kappa shape index (κ3) is 4.63. The van der Waals surface area contributed by atoms with E-state index in [0.29, 0.717) is 17.3 Å². The Morgan fingerprint density at radius 1 is 1.03 bits per heavy atom. The first-order chi connectivity index (χ1) is 18.4. The van der Waals surface area contributed by atoms with Crippen LogP contribution in [0.15, 0.2) is 79.0 Å². The van der Waals surface area contributed by atoms with E-state index in [0.717, 1.165) is 39.8 Å². The molecule has 38 heavy (non-hydrogen) atoms. The molecule has 194 valence electrons. The van der Waals surface area contributed by atoms with Crippen molar-refractivity contribution in [1.82, 2.24) is 14.9 Å².